The van der Waals surface area contributed by atoms with Gasteiger partial charge in [0.25, 0.3) is 0 Å². The number of unbranched alkanes of at least 4 members (excludes halogenated alkanes) is 25. The minimum absolute atomic E-state index is 0.00451. The predicted molar refractivity (Wildman–Crippen MR) is 328 cm³/mol. The van der Waals surface area contributed by atoms with Gasteiger partial charge >= 0.3 is 17.9 Å². The highest BCUT2D eigenvalue weighted by Gasteiger charge is 2.21. The number of rotatable bonds is 59. The minimum Gasteiger partial charge on any atom is -0.465 e. The van der Waals surface area contributed by atoms with Crippen LogP contribution in [0, 0.1) is 11.8 Å². The van der Waals surface area contributed by atoms with Gasteiger partial charge in [0, 0.05) is 36.9 Å². The molecule has 1 saturated heterocycles. The van der Waals surface area contributed by atoms with Crippen molar-refractivity contribution >= 4 is 39.5 Å². The van der Waals surface area contributed by atoms with E-state index in [4.69, 9.17) is 14.2 Å². The average Bonchev–Trinajstić information content (AvgIpc) is 3.94. The number of carbonyl (C=O) groups excluding carboxylic acids is 3. The van der Waals surface area contributed by atoms with Gasteiger partial charge in [-0.3, -0.25) is 19.3 Å². The Morgan fingerprint density at radius 2 is 0.773 bits per heavy atom. The molecule has 75 heavy (non-hydrogen) atoms. The second-order valence-corrected chi connectivity index (χ2v) is 25.8. The van der Waals surface area contributed by atoms with Gasteiger partial charge in [-0.2, -0.15) is 0 Å². The number of nitrogens with zero attached hydrogens (tertiary/aromatic N) is 2. The Kier molecular flexibility index (Phi) is 54.1. The van der Waals surface area contributed by atoms with Gasteiger partial charge in [-0.1, -0.05) is 242 Å². The molecule has 0 radical (unpaired) electrons. The Labute approximate surface area is 474 Å². The van der Waals surface area contributed by atoms with Crippen LogP contribution in [0.2, 0.25) is 0 Å². The average molecular weight is 1100 g/mol. The number of carbonyl (C=O) groups is 3. The molecule has 0 bridgehead atoms. The fourth-order valence-corrected chi connectivity index (χ4v) is 13.0. The number of hydrogen-bond acceptors (Lipinski definition) is 10. The quantitative estimate of drug-likeness (QED) is 0.0254. The molecule has 0 amide bonds. The Morgan fingerprint density at radius 3 is 1.23 bits per heavy atom. The van der Waals surface area contributed by atoms with Gasteiger partial charge in [0.1, 0.15) is 6.61 Å². The van der Waals surface area contributed by atoms with E-state index in [1.165, 1.54) is 250 Å². The normalized spacial score (nSPS) is 13.1. The van der Waals surface area contributed by atoms with Crippen molar-refractivity contribution in [1.29, 1.82) is 0 Å². The largest absolute Gasteiger partial charge is 0.465 e. The summed E-state index contributed by atoms with van der Waals surface area (Å²) in [6.07, 6.45) is 51.8. The van der Waals surface area contributed by atoms with Gasteiger partial charge in [-0.15, -0.1) is 0 Å². The van der Waals surface area contributed by atoms with E-state index in [0.29, 0.717) is 57.0 Å². The zero-order chi connectivity index (χ0) is 54.3. The first-order chi connectivity index (χ1) is 36.9. The summed E-state index contributed by atoms with van der Waals surface area (Å²) >= 11 is 0. The molecule has 0 N–H and O–H groups in total. The van der Waals surface area contributed by atoms with Crippen LogP contribution in [0.25, 0.3) is 0 Å². The van der Waals surface area contributed by atoms with Crippen LogP contribution in [0.1, 0.15) is 317 Å². The number of likely N-dealkylation sites (tertiary alicyclic amines) is 1. The number of ether oxygens (including phenoxy) is 3. The SMILES string of the molecule is CCCCCCSSCCOC(=O)CCN(CCCN1CCCC1)C(CCCCCCCCC(=O)OCC(CCCCCC)CCCCCC)CCCCCCCCC(=O)OCC(CCCCCC)CCCCCC. The summed E-state index contributed by atoms with van der Waals surface area (Å²) in [6, 6.07) is 0.477. The lowest BCUT2D eigenvalue weighted by molar-refractivity contribution is -0.146. The van der Waals surface area contributed by atoms with E-state index in [2.05, 4.69) is 44.4 Å². The van der Waals surface area contributed by atoms with Crippen LogP contribution in [0.5, 0.6) is 0 Å². The fourth-order valence-electron chi connectivity index (χ4n) is 11.0. The summed E-state index contributed by atoms with van der Waals surface area (Å²) in [4.78, 5) is 44.0. The maximum atomic E-state index is 13.1. The molecule has 444 valence electrons. The highest BCUT2D eigenvalue weighted by atomic mass is 33.1. The first-order valence-corrected chi connectivity index (χ1v) is 35.5. The predicted octanol–water partition coefficient (Wildman–Crippen LogP) is 19.5. The van der Waals surface area contributed by atoms with E-state index in [1.54, 1.807) is 0 Å². The van der Waals surface area contributed by atoms with Crippen molar-refractivity contribution in [2.24, 2.45) is 11.8 Å². The molecule has 10 heteroatoms. The van der Waals surface area contributed by atoms with Crippen molar-refractivity contribution in [3.05, 3.63) is 0 Å². The number of hydrogen-bond donors (Lipinski definition) is 0. The molecule has 8 nitrogen and oxygen atoms in total. The van der Waals surface area contributed by atoms with E-state index in [0.717, 1.165) is 57.5 Å². The second kappa shape index (κ2) is 56.3. The monoisotopic (exact) mass is 1090 g/mol. The van der Waals surface area contributed by atoms with Crippen LogP contribution >= 0.6 is 21.6 Å². The van der Waals surface area contributed by atoms with Crippen molar-refractivity contribution in [3.63, 3.8) is 0 Å². The van der Waals surface area contributed by atoms with Crippen LogP contribution < -0.4 is 0 Å². The molecule has 0 aromatic rings. The summed E-state index contributed by atoms with van der Waals surface area (Å²) in [5.41, 5.74) is 0. The van der Waals surface area contributed by atoms with E-state index >= 15 is 0 Å². The van der Waals surface area contributed by atoms with Crippen molar-refractivity contribution in [2.75, 3.05) is 64.1 Å². The van der Waals surface area contributed by atoms with Crippen LogP contribution in [0.3, 0.4) is 0 Å². The summed E-state index contributed by atoms with van der Waals surface area (Å²) in [7, 11) is 3.76. The minimum atomic E-state index is -0.0473. The van der Waals surface area contributed by atoms with Gasteiger partial charge in [0.15, 0.2) is 0 Å². The summed E-state index contributed by atoms with van der Waals surface area (Å²) < 4.78 is 17.5. The molecular weight excluding hydrogens is 969 g/mol. The smallest absolute Gasteiger partial charge is 0.307 e. The highest BCUT2D eigenvalue weighted by Crippen LogP contribution is 2.25. The van der Waals surface area contributed by atoms with Gasteiger partial charge in [0.2, 0.25) is 0 Å². The number of esters is 3. The molecule has 1 fully saturated rings. The highest BCUT2D eigenvalue weighted by molar-refractivity contribution is 8.76. The molecule has 1 rings (SSSR count). The summed E-state index contributed by atoms with van der Waals surface area (Å²) in [5.74, 6) is 3.05. The lowest BCUT2D eigenvalue weighted by atomic mass is 9.95. The van der Waals surface area contributed by atoms with Gasteiger partial charge in [-0.25, -0.2) is 0 Å². The molecule has 1 heterocycles. The maximum absolute atomic E-state index is 13.1. The molecule has 0 aliphatic carbocycles. The summed E-state index contributed by atoms with van der Waals surface area (Å²) in [5, 5.41) is 0. The molecule has 0 aromatic heterocycles. The van der Waals surface area contributed by atoms with Crippen LogP contribution in [-0.2, 0) is 28.6 Å². The standard InChI is InChI=1S/C65H126N2O6S2/c1-6-11-16-29-41-60(42-30-17-12-7-2)58-72-63(68)47-35-27-23-21-25-33-45-62(46-34-26-22-24-28-36-48-64(69)73-59-61(43-31-18-13-8-3)44-32-19-14-9-4)67(53-40-52-66-50-37-38-51-66)54-49-65(70)71-55-57-75-74-56-39-20-15-10-5/h60-62H,6-59H2,1-5H3. The Bertz CT molecular complexity index is 1150. The molecule has 1 aliphatic heterocycles. The van der Waals surface area contributed by atoms with Gasteiger partial charge in [-0.05, 0) is 115 Å². The first-order valence-electron chi connectivity index (χ1n) is 33.0. The Balaban J connectivity index is 2.70. The van der Waals surface area contributed by atoms with Crippen LogP contribution in [0.4, 0.5) is 0 Å². The van der Waals surface area contributed by atoms with Crippen molar-refractivity contribution in [3.8, 4) is 0 Å². The molecule has 0 saturated carbocycles. The van der Waals surface area contributed by atoms with Crippen LogP contribution in [-0.4, -0.2) is 97.8 Å². The fraction of sp³-hybridized carbons (Fsp3) is 0.954. The van der Waals surface area contributed by atoms with E-state index in [1.807, 2.05) is 21.6 Å². The van der Waals surface area contributed by atoms with Crippen molar-refractivity contribution in [1.82, 2.24) is 9.80 Å². The maximum Gasteiger partial charge on any atom is 0.307 e. The van der Waals surface area contributed by atoms with Crippen molar-refractivity contribution in [2.45, 2.75) is 323 Å². The third kappa shape index (κ3) is 47.5. The molecule has 1 aliphatic rings. The Morgan fingerprint density at radius 1 is 0.400 bits per heavy atom. The van der Waals surface area contributed by atoms with Gasteiger partial charge < -0.3 is 19.1 Å². The first kappa shape index (κ1) is 72.0. The van der Waals surface area contributed by atoms with Crippen LogP contribution in [0.15, 0.2) is 0 Å². The lowest BCUT2D eigenvalue weighted by Gasteiger charge is -2.32. The second-order valence-electron chi connectivity index (χ2n) is 23.1. The molecule has 0 aromatic carbocycles. The third-order valence-electron chi connectivity index (χ3n) is 16.0. The van der Waals surface area contributed by atoms with E-state index in [9.17, 15) is 14.4 Å². The topological polar surface area (TPSA) is 85.4 Å². The molecular formula is C65H126N2O6S2. The molecule has 0 atom stereocenters. The van der Waals surface area contributed by atoms with E-state index < -0.39 is 0 Å². The third-order valence-corrected chi connectivity index (χ3v) is 18.4. The van der Waals surface area contributed by atoms with Gasteiger partial charge in [0.05, 0.1) is 19.6 Å². The molecule has 0 spiro atoms. The zero-order valence-electron chi connectivity index (χ0n) is 50.6. The molecule has 0 unspecified atom stereocenters. The zero-order valence-corrected chi connectivity index (χ0v) is 52.2. The lowest BCUT2D eigenvalue weighted by Crippen LogP contribution is -2.39. The van der Waals surface area contributed by atoms with E-state index in [-0.39, 0.29) is 17.9 Å². The Hall–Kier alpha value is -0.970. The summed E-state index contributed by atoms with van der Waals surface area (Å²) in [6.45, 7) is 18.5. The van der Waals surface area contributed by atoms with Crippen molar-refractivity contribution < 1.29 is 28.6 Å².